The average Bonchev–Trinajstić information content (AvgIpc) is 2.22. The molecule has 1 unspecified atom stereocenters. The van der Waals surface area contributed by atoms with E-state index in [2.05, 4.69) is 51.0 Å². The molecule has 1 aromatic rings. The second kappa shape index (κ2) is 6.62. The summed E-state index contributed by atoms with van der Waals surface area (Å²) in [6.07, 6.45) is 0.956. The molecule has 3 heteroatoms. The lowest BCUT2D eigenvalue weighted by molar-refractivity contribution is 0.179. The molecule has 1 aromatic carbocycles. The molecule has 0 saturated heterocycles. The molecule has 17 heavy (non-hydrogen) atoms. The Morgan fingerprint density at radius 3 is 2.24 bits per heavy atom. The highest BCUT2D eigenvalue weighted by Crippen LogP contribution is 2.17. The lowest BCUT2D eigenvalue weighted by atomic mass is 10.1. The number of likely N-dealkylation sites (N-methyl/N-ethyl adjacent to an activating group) is 1. The zero-order valence-corrected chi connectivity index (χ0v) is 11.4. The zero-order valence-electron chi connectivity index (χ0n) is 11.4. The van der Waals surface area contributed by atoms with E-state index < -0.39 is 0 Å². The number of ether oxygens (including phenoxy) is 1. The van der Waals surface area contributed by atoms with E-state index in [9.17, 15) is 0 Å². The van der Waals surface area contributed by atoms with Crippen LogP contribution in [-0.2, 0) is 0 Å². The van der Waals surface area contributed by atoms with Crippen molar-refractivity contribution in [2.45, 2.75) is 26.3 Å². The first-order valence-corrected chi connectivity index (χ1v) is 6.10. The summed E-state index contributed by atoms with van der Waals surface area (Å²) in [6.45, 7) is 5.55. The van der Waals surface area contributed by atoms with Crippen molar-refractivity contribution < 1.29 is 4.74 Å². The van der Waals surface area contributed by atoms with Crippen LogP contribution >= 0.6 is 0 Å². The first-order valence-electron chi connectivity index (χ1n) is 6.10. The summed E-state index contributed by atoms with van der Waals surface area (Å²) in [7, 11) is 4.12. The van der Waals surface area contributed by atoms with Crippen molar-refractivity contribution in [3.63, 3.8) is 0 Å². The minimum Gasteiger partial charge on any atom is -0.492 e. The van der Waals surface area contributed by atoms with E-state index in [1.54, 1.807) is 0 Å². The molecule has 0 saturated carbocycles. The molecule has 0 spiro atoms. The van der Waals surface area contributed by atoms with Gasteiger partial charge in [0.25, 0.3) is 0 Å². The summed E-state index contributed by atoms with van der Waals surface area (Å²) in [5.41, 5.74) is 8.07. The van der Waals surface area contributed by atoms with Gasteiger partial charge in [-0.3, -0.25) is 0 Å². The molecule has 0 bridgehead atoms. The third-order valence-electron chi connectivity index (χ3n) is 2.87. The van der Waals surface area contributed by atoms with Gasteiger partial charge in [-0.15, -0.1) is 0 Å². The Morgan fingerprint density at radius 2 is 1.76 bits per heavy atom. The van der Waals surface area contributed by atoms with Crippen molar-refractivity contribution in [2.24, 2.45) is 5.73 Å². The lowest BCUT2D eigenvalue weighted by Crippen LogP contribution is -2.35. The first kappa shape index (κ1) is 14.0. The fourth-order valence-corrected chi connectivity index (χ4v) is 1.89. The van der Waals surface area contributed by atoms with Crippen LogP contribution in [-0.4, -0.2) is 38.2 Å². The van der Waals surface area contributed by atoms with Crippen LogP contribution in [0.2, 0.25) is 0 Å². The molecule has 0 heterocycles. The molecule has 1 atom stereocenters. The lowest BCUT2D eigenvalue weighted by Gasteiger charge is -2.24. The number of benzene rings is 1. The number of aryl methyl sites for hydroxylation is 2. The van der Waals surface area contributed by atoms with Gasteiger partial charge in [0, 0.05) is 6.04 Å². The molecule has 0 radical (unpaired) electrons. The van der Waals surface area contributed by atoms with E-state index in [1.165, 1.54) is 11.1 Å². The van der Waals surface area contributed by atoms with Crippen LogP contribution < -0.4 is 10.5 Å². The van der Waals surface area contributed by atoms with Gasteiger partial charge in [-0.05, 0) is 64.2 Å². The van der Waals surface area contributed by atoms with Gasteiger partial charge in [-0.2, -0.15) is 0 Å². The van der Waals surface area contributed by atoms with Crippen molar-refractivity contribution >= 4 is 0 Å². The number of rotatable bonds is 6. The minimum absolute atomic E-state index is 0.376. The molecular formula is C14H24N2O. The van der Waals surface area contributed by atoms with Crippen molar-refractivity contribution in [1.82, 2.24) is 4.90 Å². The van der Waals surface area contributed by atoms with E-state index in [4.69, 9.17) is 10.5 Å². The second-order valence-corrected chi connectivity index (χ2v) is 4.83. The van der Waals surface area contributed by atoms with Gasteiger partial charge in [-0.25, -0.2) is 0 Å². The molecular weight excluding hydrogens is 212 g/mol. The van der Waals surface area contributed by atoms with Crippen LogP contribution in [0.15, 0.2) is 18.2 Å². The van der Waals surface area contributed by atoms with Crippen LogP contribution in [0.4, 0.5) is 0 Å². The molecule has 0 amide bonds. The predicted molar refractivity (Wildman–Crippen MR) is 72.6 cm³/mol. The third kappa shape index (κ3) is 4.75. The molecule has 0 aliphatic heterocycles. The topological polar surface area (TPSA) is 38.5 Å². The van der Waals surface area contributed by atoms with Crippen LogP contribution in [0.5, 0.6) is 5.75 Å². The van der Waals surface area contributed by atoms with Crippen LogP contribution in [0.3, 0.4) is 0 Å². The SMILES string of the molecule is Cc1cc(C)cc(OCC(CCN)N(C)C)c1. The van der Waals surface area contributed by atoms with Crippen LogP contribution in [0, 0.1) is 13.8 Å². The quantitative estimate of drug-likeness (QED) is 0.820. The Bertz CT molecular complexity index is 330. The van der Waals surface area contributed by atoms with Crippen LogP contribution in [0.25, 0.3) is 0 Å². The highest BCUT2D eigenvalue weighted by molar-refractivity contribution is 5.32. The summed E-state index contributed by atoms with van der Waals surface area (Å²) < 4.78 is 5.85. The standard InChI is InChI=1S/C14H24N2O/c1-11-7-12(2)9-14(8-11)17-10-13(5-6-15)16(3)4/h7-9,13H,5-6,10,15H2,1-4H3. The largest absolute Gasteiger partial charge is 0.492 e. The van der Waals surface area contributed by atoms with Crippen molar-refractivity contribution in [3.8, 4) is 5.75 Å². The first-order chi connectivity index (χ1) is 8.02. The van der Waals surface area contributed by atoms with Gasteiger partial charge in [0.2, 0.25) is 0 Å². The monoisotopic (exact) mass is 236 g/mol. The van der Waals surface area contributed by atoms with Crippen molar-refractivity contribution in [3.05, 3.63) is 29.3 Å². The van der Waals surface area contributed by atoms with E-state index in [0.717, 1.165) is 12.2 Å². The Hall–Kier alpha value is -1.06. The molecule has 2 N–H and O–H groups in total. The summed E-state index contributed by atoms with van der Waals surface area (Å²) in [5, 5.41) is 0. The minimum atomic E-state index is 0.376. The summed E-state index contributed by atoms with van der Waals surface area (Å²) in [6, 6.07) is 6.67. The zero-order chi connectivity index (χ0) is 12.8. The summed E-state index contributed by atoms with van der Waals surface area (Å²) in [4.78, 5) is 2.16. The number of hydrogen-bond donors (Lipinski definition) is 1. The maximum absolute atomic E-state index is 5.85. The second-order valence-electron chi connectivity index (χ2n) is 4.83. The molecule has 1 rings (SSSR count). The van der Waals surface area contributed by atoms with Gasteiger partial charge >= 0.3 is 0 Å². The predicted octanol–water partition coefficient (Wildman–Crippen LogP) is 1.96. The van der Waals surface area contributed by atoms with E-state index in [0.29, 0.717) is 19.2 Å². The maximum atomic E-state index is 5.85. The third-order valence-corrected chi connectivity index (χ3v) is 2.87. The van der Waals surface area contributed by atoms with E-state index >= 15 is 0 Å². The molecule has 0 aliphatic carbocycles. The van der Waals surface area contributed by atoms with Crippen LogP contribution in [0.1, 0.15) is 17.5 Å². The molecule has 96 valence electrons. The normalized spacial score (nSPS) is 12.8. The summed E-state index contributed by atoms with van der Waals surface area (Å²) in [5.74, 6) is 0.950. The van der Waals surface area contributed by atoms with Gasteiger partial charge in [0.05, 0.1) is 0 Å². The Kier molecular flexibility index (Phi) is 5.45. The summed E-state index contributed by atoms with van der Waals surface area (Å²) >= 11 is 0. The maximum Gasteiger partial charge on any atom is 0.119 e. The van der Waals surface area contributed by atoms with Gasteiger partial charge in [0.1, 0.15) is 12.4 Å². The van der Waals surface area contributed by atoms with E-state index in [1.807, 2.05) is 0 Å². The Balaban J connectivity index is 2.58. The average molecular weight is 236 g/mol. The number of hydrogen-bond acceptors (Lipinski definition) is 3. The van der Waals surface area contributed by atoms with Crippen molar-refractivity contribution in [1.29, 1.82) is 0 Å². The fraction of sp³-hybridized carbons (Fsp3) is 0.571. The van der Waals surface area contributed by atoms with Crippen molar-refractivity contribution in [2.75, 3.05) is 27.2 Å². The van der Waals surface area contributed by atoms with Gasteiger partial charge in [0.15, 0.2) is 0 Å². The molecule has 3 nitrogen and oxygen atoms in total. The highest BCUT2D eigenvalue weighted by Gasteiger charge is 2.11. The number of nitrogens with two attached hydrogens (primary N) is 1. The van der Waals surface area contributed by atoms with Gasteiger partial charge < -0.3 is 15.4 Å². The number of nitrogens with zero attached hydrogens (tertiary/aromatic N) is 1. The molecule has 0 aromatic heterocycles. The van der Waals surface area contributed by atoms with E-state index in [-0.39, 0.29) is 0 Å². The Morgan fingerprint density at radius 1 is 1.18 bits per heavy atom. The highest BCUT2D eigenvalue weighted by atomic mass is 16.5. The molecule has 0 aliphatic rings. The Labute approximate surface area is 105 Å². The van der Waals surface area contributed by atoms with Gasteiger partial charge in [-0.1, -0.05) is 6.07 Å². The fourth-order valence-electron chi connectivity index (χ4n) is 1.89. The smallest absolute Gasteiger partial charge is 0.119 e. The molecule has 0 fully saturated rings.